The SMILES string of the molecule is COc1ccc2nc(SCC(=O)N[C@H]3CCCC[C@@H]3C)c(C#N)cc2c1. The lowest BCUT2D eigenvalue weighted by atomic mass is 9.86. The van der Waals surface area contributed by atoms with Crippen LogP contribution in [0.25, 0.3) is 10.9 Å². The topological polar surface area (TPSA) is 75.0 Å². The number of nitrogens with one attached hydrogen (secondary N) is 1. The molecule has 1 heterocycles. The summed E-state index contributed by atoms with van der Waals surface area (Å²) in [6.45, 7) is 2.20. The molecule has 6 heteroatoms. The van der Waals surface area contributed by atoms with Gasteiger partial charge in [0.15, 0.2) is 0 Å². The lowest BCUT2D eigenvalue weighted by Gasteiger charge is -2.29. The van der Waals surface area contributed by atoms with Crippen molar-refractivity contribution in [2.75, 3.05) is 12.9 Å². The molecule has 1 fully saturated rings. The number of nitrogens with zero attached hydrogens (tertiary/aromatic N) is 2. The zero-order valence-corrected chi connectivity index (χ0v) is 15.9. The molecule has 0 spiro atoms. The van der Waals surface area contributed by atoms with Gasteiger partial charge in [-0.1, -0.05) is 31.5 Å². The molecule has 3 rings (SSSR count). The van der Waals surface area contributed by atoms with Gasteiger partial charge in [-0.25, -0.2) is 4.98 Å². The zero-order chi connectivity index (χ0) is 18.5. The minimum atomic E-state index is 0.00858. The number of hydrogen-bond donors (Lipinski definition) is 1. The van der Waals surface area contributed by atoms with Gasteiger partial charge in [0.2, 0.25) is 5.91 Å². The Kier molecular flexibility index (Phi) is 6.00. The van der Waals surface area contributed by atoms with E-state index in [1.165, 1.54) is 31.0 Å². The van der Waals surface area contributed by atoms with Crippen molar-refractivity contribution in [1.82, 2.24) is 10.3 Å². The molecular formula is C20H23N3O2S. The third kappa shape index (κ3) is 4.28. The van der Waals surface area contributed by atoms with Crippen molar-refractivity contribution in [2.45, 2.75) is 43.7 Å². The molecule has 2 atom stereocenters. The second-order valence-corrected chi connectivity index (χ2v) is 7.70. The number of pyridine rings is 1. The molecule has 1 amide bonds. The lowest BCUT2D eigenvalue weighted by molar-refractivity contribution is -0.119. The number of aromatic nitrogens is 1. The van der Waals surface area contributed by atoms with Gasteiger partial charge in [-0.15, -0.1) is 0 Å². The van der Waals surface area contributed by atoms with Crippen LogP contribution in [-0.2, 0) is 4.79 Å². The highest BCUT2D eigenvalue weighted by Crippen LogP contribution is 2.27. The molecule has 0 unspecified atom stereocenters. The van der Waals surface area contributed by atoms with Crippen LogP contribution in [0.5, 0.6) is 5.75 Å². The van der Waals surface area contributed by atoms with Gasteiger partial charge < -0.3 is 10.1 Å². The number of thioether (sulfide) groups is 1. The number of ether oxygens (including phenoxy) is 1. The van der Waals surface area contributed by atoms with Crippen LogP contribution in [0, 0.1) is 17.2 Å². The third-order valence-corrected chi connectivity index (χ3v) is 5.90. The summed E-state index contributed by atoms with van der Waals surface area (Å²) in [5, 5.41) is 14.0. The highest BCUT2D eigenvalue weighted by molar-refractivity contribution is 8.00. The first kappa shape index (κ1) is 18.5. The second-order valence-electron chi connectivity index (χ2n) is 6.74. The van der Waals surface area contributed by atoms with Gasteiger partial charge in [-0.2, -0.15) is 5.26 Å². The number of rotatable bonds is 5. The molecule has 5 nitrogen and oxygen atoms in total. The Hall–Kier alpha value is -2.26. The fourth-order valence-corrected chi connectivity index (χ4v) is 4.14. The van der Waals surface area contributed by atoms with Crippen molar-refractivity contribution in [3.05, 3.63) is 29.8 Å². The first-order chi connectivity index (χ1) is 12.6. The number of nitriles is 1. The first-order valence-electron chi connectivity index (χ1n) is 8.91. The third-order valence-electron chi connectivity index (χ3n) is 4.91. The molecule has 1 aromatic carbocycles. The zero-order valence-electron chi connectivity index (χ0n) is 15.1. The van der Waals surface area contributed by atoms with Gasteiger partial charge in [-0.05, 0) is 43.0 Å². The molecule has 1 aromatic heterocycles. The van der Waals surface area contributed by atoms with E-state index < -0.39 is 0 Å². The summed E-state index contributed by atoms with van der Waals surface area (Å²) in [4.78, 5) is 16.9. The maximum atomic E-state index is 12.3. The fraction of sp³-hybridized carbons (Fsp3) is 0.450. The molecule has 26 heavy (non-hydrogen) atoms. The number of carbonyl (C=O) groups is 1. The van der Waals surface area contributed by atoms with Gasteiger partial charge in [0.25, 0.3) is 0 Å². The van der Waals surface area contributed by atoms with Gasteiger partial charge in [-0.3, -0.25) is 4.79 Å². The smallest absolute Gasteiger partial charge is 0.230 e. The number of methoxy groups -OCH3 is 1. The quantitative estimate of drug-likeness (QED) is 0.809. The predicted octanol–water partition coefficient (Wildman–Crippen LogP) is 3.90. The second kappa shape index (κ2) is 8.41. The van der Waals surface area contributed by atoms with E-state index in [0.29, 0.717) is 16.5 Å². The van der Waals surface area contributed by atoms with E-state index >= 15 is 0 Å². The van der Waals surface area contributed by atoms with E-state index in [4.69, 9.17) is 4.74 Å². The molecule has 0 radical (unpaired) electrons. The molecule has 1 N–H and O–H groups in total. The van der Waals surface area contributed by atoms with Crippen LogP contribution in [0.1, 0.15) is 38.2 Å². The predicted molar refractivity (Wildman–Crippen MR) is 103 cm³/mol. The highest BCUT2D eigenvalue weighted by atomic mass is 32.2. The van der Waals surface area contributed by atoms with Crippen LogP contribution >= 0.6 is 11.8 Å². The van der Waals surface area contributed by atoms with Crippen LogP contribution in [0.3, 0.4) is 0 Å². The van der Waals surface area contributed by atoms with Crippen LogP contribution < -0.4 is 10.1 Å². The summed E-state index contributed by atoms with van der Waals surface area (Å²) in [5.41, 5.74) is 1.27. The van der Waals surface area contributed by atoms with Crippen LogP contribution in [0.2, 0.25) is 0 Å². The van der Waals surface area contributed by atoms with Crippen LogP contribution in [0.4, 0.5) is 0 Å². The van der Waals surface area contributed by atoms with E-state index in [2.05, 4.69) is 23.3 Å². The minimum absolute atomic E-state index is 0.00858. The maximum Gasteiger partial charge on any atom is 0.230 e. The van der Waals surface area contributed by atoms with Crippen molar-refractivity contribution in [2.24, 2.45) is 5.92 Å². The fourth-order valence-electron chi connectivity index (χ4n) is 3.37. The average Bonchev–Trinajstić information content (AvgIpc) is 2.67. The lowest BCUT2D eigenvalue weighted by Crippen LogP contribution is -2.41. The van der Waals surface area contributed by atoms with Gasteiger partial charge >= 0.3 is 0 Å². The first-order valence-corrected chi connectivity index (χ1v) is 9.90. The Labute approximate surface area is 158 Å². The van der Waals surface area contributed by atoms with Crippen molar-refractivity contribution >= 4 is 28.6 Å². The van der Waals surface area contributed by atoms with Crippen molar-refractivity contribution in [3.8, 4) is 11.8 Å². The van der Waals surface area contributed by atoms with E-state index in [0.717, 1.165) is 23.1 Å². The summed E-state index contributed by atoms with van der Waals surface area (Å²) in [6, 6.07) is 9.81. The molecule has 136 valence electrons. The number of fused-ring (bicyclic) bond motifs is 1. The maximum absolute atomic E-state index is 12.3. The van der Waals surface area contributed by atoms with Crippen LogP contribution in [0.15, 0.2) is 29.3 Å². The largest absolute Gasteiger partial charge is 0.497 e. The Bertz CT molecular complexity index is 847. The number of benzene rings is 1. The molecule has 2 aromatic rings. The standard InChI is InChI=1S/C20H23N3O2S/c1-13-5-3-4-6-17(13)22-19(24)12-26-20-15(11-21)9-14-10-16(25-2)7-8-18(14)23-20/h7-10,13,17H,3-6,12H2,1-2H3,(H,22,24)/t13-,17-/m0/s1. The minimum Gasteiger partial charge on any atom is -0.497 e. The summed E-state index contributed by atoms with van der Waals surface area (Å²) in [7, 11) is 1.61. The van der Waals surface area contributed by atoms with Crippen molar-refractivity contribution in [1.29, 1.82) is 5.26 Å². The van der Waals surface area contributed by atoms with Crippen molar-refractivity contribution < 1.29 is 9.53 Å². The Balaban J connectivity index is 1.69. The molecule has 1 saturated carbocycles. The van der Waals surface area contributed by atoms with E-state index in [1.54, 1.807) is 13.2 Å². The Morgan fingerprint density at radius 2 is 2.19 bits per heavy atom. The van der Waals surface area contributed by atoms with E-state index in [1.807, 2.05) is 18.2 Å². The van der Waals surface area contributed by atoms with Gasteiger partial charge in [0, 0.05) is 11.4 Å². The molecule has 0 saturated heterocycles. The molecule has 1 aliphatic rings. The van der Waals surface area contributed by atoms with E-state index in [9.17, 15) is 10.1 Å². The van der Waals surface area contributed by atoms with Crippen molar-refractivity contribution in [3.63, 3.8) is 0 Å². The number of amides is 1. The molecule has 0 bridgehead atoms. The van der Waals surface area contributed by atoms with Gasteiger partial charge in [0.1, 0.15) is 16.8 Å². The number of carbonyl (C=O) groups excluding carboxylic acids is 1. The normalized spacial score (nSPS) is 19.7. The summed E-state index contributed by atoms with van der Waals surface area (Å²) in [5.74, 6) is 1.53. The average molecular weight is 369 g/mol. The van der Waals surface area contributed by atoms with Gasteiger partial charge in [0.05, 0.1) is 23.9 Å². The molecule has 1 aliphatic carbocycles. The number of hydrogen-bond acceptors (Lipinski definition) is 5. The molecule has 0 aliphatic heterocycles. The highest BCUT2D eigenvalue weighted by Gasteiger charge is 2.23. The van der Waals surface area contributed by atoms with Crippen LogP contribution in [-0.4, -0.2) is 29.8 Å². The Morgan fingerprint density at radius 1 is 1.38 bits per heavy atom. The van der Waals surface area contributed by atoms with E-state index in [-0.39, 0.29) is 17.7 Å². The molecular weight excluding hydrogens is 346 g/mol. The summed E-state index contributed by atoms with van der Waals surface area (Å²) >= 11 is 1.32. The Morgan fingerprint density at radius 3 is 2.92 bits per heavy atom. The monoisotopic (exact) mass is 369 g/mol. The summed E-state index contributed by atoms with van der Waals surface area (Å²) < 4.78 is 5.22. The summed E-state index contributed by atoms with van der Waals surface area (Å²) in [6.07, 6.45) is 4.65.